The van der Waals surface area contributed by atoms with Crippen molar-refractivity contribution in [3.05, 3.63) is 24.4 Å². The third kappa shape index (κ3) is 4.23. The minimum Gasteiger partial charge on any atom is -0.324 e. The Hall–Kier alpha value is -1.58. The second-order valence-electron chi connectivity index (χ2n) is 5.22. The quantitative estimate of drug-likeness (QED) is 0.905. The van der Waals surface area contributed by atoms with Gasteiger partial charge in [0.1, 0.15) is 5.82 Å². The molecule has 1 aliphatic heterocycles. The van der Waals surface area contributed by atoms with Crippen molar-refractivity contribution in [2.24, 2.45) is 5.92 Å². The number of pyridine rings is 1. The number of amides is 2. The van der Waals surface area contributed by atoms with E-state index in [1.165, 1.54) is 19.3 Å². The van der Waals surface area contributed by atoms with E-state index < -0.39 is 0 Å². The van der Waals surface area contributed by atoms with Gasteiger partial charge in [-0.15, -0.1) is 0 Å². The van der Waals surface area contributed by atoms with Crippen LogP contribution in [0.15, 0.2) is 24.4 Å². The molecule has 1 saturated heterocycles. The molecule has 0 unspecified atom stereocenters. The van der Waals surface area contributed by atoms with Crippen LogP contribution in [0.1, 0.15) is 39.0 Å². The van der Waals surface area contributed by atoms with E-state index in [4.69, 9.17) is 0 Å². The summed E-state index contributed by atoms with van der Waals surface area (Å²) in [6.45, 7) is 3.96. The molecular weight excluding hydrogens is 238 g/mol. The van der Waals surface area contributed by atoms with Crippen molar-refractivity contribution in [1.82, 2.24) is 9.88 Å². The summed E-state index contributed by atoms with van der Waals surface area (Å²) in [6, 6.07) is 5.52. The monoisotopic (exact) mass is 261 g/mol. The zero-order valence-electron chi connectivity index (χ0n) is 11.6. The van der Waals surface area contributed by atoms with Gasteiger partial charge in [0, 0.05) is 19.3 Å². The molecule has 19 heavy (non-hydrogen) atoms. The molecular formula is C15H23N3O. The number of likely N-dealkylation sites (tertiary alicyclic amines) is 1. The van der Waals surface area contributed by atoms with Crippen LogP contribution in [-0.2, 0) is 0 Å². The van der Waals surface area contributed by atoms with Gasteiger partial charge in [-0.05, 0) is 37.3 Å². The van der Waals surface area contributed by atoms with Crippen LogP contribution in [0, 0.1) is 5.92 Å². The Morgan fingerprint density at radius 2 is 2.32 bits per heavy atom. The molecule has 0 radical (unpaired) electrons. The molecule has 2 rings (SSSR count). The fourth-order valence-corrected chi connectivity index (χ4v) is 2.69. The summed E-state index contributed by atoms with van der Waals surface area (Å²) in [7, 11) is 0. The first-order valence-electron chi connectivity index (χ1n) is 7.26. The summed E-state index contributed by atoms with van der Waals surface area (Å²) in [5, 5.41) is 2.86. The summed E-state index contributed by atoms with van der Waals surface area (Å²) < 4.78 is 0. The number of rotatable bonds is 3. The molecule has 0 aliphatic carbocycles. The van der Waals surface area contributed by atoms with Gasteiger partial charge in [-0.2, -0.15) is 0 Å². The number of nitrogens with zero attached hydrogens (tertiary/aromatic N) is 2. The normalized spacial score (nSPS) is 19.8. The van der Waals surface area contributed by atoms with Crippen LogP contribution < -0.4 is 5.32 Å². The van der Waals surface area contributed by atoms with Crippen LogP contribution in [0.4, 0.5) is 10.6 Å². The highest BCUT2D eigenvalue weighted by Crippen LogP contribution is 2.22. The first-order valence-corrected chi connectivity index (χ1v) is 7.26. The summed E-state index contributed by atoms with van der Waals surface area (Å²) in [5.74, 6) is 1.42. The van der Waals surface area contributed by atoms with Crippen molar-refractivity contribution in [3.8, 4) is 0 Å². The predicted octanol–water partition coefficient (Wildman–Crippen LogP) is 3.52. The molecule has 1 atom stereocenters. The predicted molar refractivity (Wildman–Crippen MR) is 77.1 cm³/mol. The molecule has 1 N–H and O–H groups in total. The Balaban J connectivity index is 1.86. The van der Waals surface area contributed by atoms with Crippen molar-refractivity contribution in [1.29, 1.82) is 0 Å². The van der Waals surface area contributed by atoms with Crippen molar-refractivity contribution in [2.75, 3.05) is 18.4 Å². The van der Waals surface area contributed by atoms with Crippen LogP contribution in [0.2, 0.25) is 0 Å². The second-order valence-corrected chi connectivity index (χ2v) is 5.22. The first kappa shape index (κ1) is 13.8. The van der Waals surface area contributed by atoms with E-state index in [-0.39, 0.29) is 6.03 Å². The molecule has 0 spiro atoms. The lowest BCUT2D eigenvalue weighted by atomic mass is 9.96. The number of carbonyl (C=O) groups excluding carboxylic acids is 1. The summed E-state index contributed by atoms with van der Waals surface area (Å²) >= 11 is 0. The van der Waals surface area contributed by atoms with Crippen LogP contribution in [0.3, 0.4) is 0 Å². The van der Waals surface area contributed by atoms with Crippen LogP contribution >= 0.6 is 0 Å². The Kier molecular flexibility index (Phi) is 5.19. The highest BCUT2D eigenvalue weighted by Gasteiger charge is 2.20. The van der Waals surface area contributed by atoms with E-state index in [0.717, 1.165) is 31.8 Å². The van der Waals surface area contributed by atoms with Crippen molar-refractivity contribution < 1.29 is 4.79 Å². The SMILES string of the molecule is CCC[C@@H]1CCCN(C(=O)Nc2ccccn2)CC1. The largest absolute Gasteiger partial charge is 0.324 e. The average molecular weight is 261 g/mol. The fourth-order valence-electron chi connectivity index (χ4n) is 2.69. The van der Waals surface area contributed by atoms with Gasteiger partial charge in [0.15, 0.2) is 0 Å². The standard InChI is InChI=1S/C15H23N3O/c1-2-6-13-7-5-11-18(12-9-13)15(19)17-14-8-3-4-10-16-14/h3-4,8,10,13H,2,5-7,9,11-12H2,1H3,(H,16,17,19)/t13-/m1/s1. The van der Waals surface area contributed by atoms with E-state index in [0.29, 0.717) is 5.82 Å². The molecule has 0 bridgehead atoms. The van der Waals surface area contributed by atoms with Gasteiger partial charge < -0.3 is 4.90 Å². The zero-order chi connectivity index (χ0) is 13.5. The number of urea groups is 1. The van der Waals surface area contributed by atoms with Crippen molar-refractivity contribution in [2.45, 2.75) is 39.0 Å². The van der Waals surface area contributed by atoms with E-state index in [1.54, 1.807) is 6.20 Å². The fraction of sp³-hybridized carbons (Fsp3) is 0.600. The Bertz CT molecular complexity index is 394. The maximum Gasteiger partial charge on any atom is 0.323 e. The highest BCUT2D eigenvalue weighted by molar-refractivity contribution is 5.88. The van der Waals surface area contributed by atoms with Crippen LogP contribution in [-0.4, -0.2) is 29.0 Å². The lowest BCUT2D eigenvalue weighted by Gasteiger charge is -2.20. The Morgan fingerprint density at radius 1 is 1.42 bits per heavy atom. The molecule has 2 heterocycles. The molecule has 1 fully saturated rings. The number of anilines is 1. The third-order valence-electron chi connectivity index (χ3n) is 3.73. The lowest BCUT2D eigenvalue weighted by Crippen LogP contribution is -2.35. The summed E-state index contributed by atoms with van der Waals surface area (Å²) in [6.07, 6.45) is 7.71. The highest BCUT2D eigenvalue weighted by atomic mass is 16.2. The van der Waals surface area contributed by atoms with Gasteiger partial charge in [-0.3, -0.25) is 5.32 Å². The molecule has 0 saturated carbocycles. The van der Waals surface area contributed by atoms with Crippen molar-refractivity contribution >= 4 is 11.8 Å². The lowest BCUT2D eigenvalue weighted by molar-refractivity contribution is 0.213. The smallest absolute Gasteiger partial charge is 0.323 e. The summed E-state index contributed by atoms with van der Waals surface area (Å²) in [5.41, 5.74) is 0. The minimum absolute atomic E-state index is 0.0177. The number of hydrogen-bond donors (Lipinski definition) is 1. The van der Waals surface area contributed by atoms with E-state index >= 15 is 0 Å². The number of aromatic nitrogens is 1. The van der Waals surface area contributed by atoms with E-state index in [2.05, 4.69) is 17.2 Å². The maximum absolute atomic E-state index is 12.2. The Labute approximate surface area is 115 Å². The molecule has 1 aromatic rings. The minimum atomic E-state index is -0.0177. The van der Waals surface area contributed by atoms with Gasteiger partial charge >= 0.3 is 6.03 Å². The number of carbonyl (C=O) groups is 1. The van der Waals surface area contributed by atoms with Gasteiger partial charge in [0.05, 0.1) is 0 Å². The molecule has 1 aliphatic rings. The van der Waals surface area contributed by atoms with Gasteiger partial charge in [-0.1, -0.05) is 25.8 Å². The average Bonchev–Trinajstić information content (AvgIpc) is 2.66. The number of nitrogens with one attached hydrogen (secondary N) is 1. The summed E-state index contributed by atoms with van der Waals surface area (Å²) in [4.78, 5) is 18.2. The third-order valence-corrected chi connectivity index (χ3v) is 3.73. The Morgan fingerprint density at radius 3 is 3.05 bits per heavy atom. The molecule has 1 aromatic heterocycles. The van der Waals surface area contributed by atoms with Gasteiger partial charge in [0.2, 0.25) is 0 Å². The van der Waals surface area contributed by atoms with E-state index in [1.807, 2.05) is 23.1 Å². The van der Waals surface area contributed by atoms with Crippen LogP contribution in [0.25, 0.3) is 0 Å². The van der Waals surface area contributed by atoms with Crippen LogP contribution in [0.5, 0.6) is 0 Å². The topological polar surface area (TPSA) is 45.2 Å². The second kappa shape index (κ2) is 7.12. The molecule has 4 nitrogen and oxygen atoms in total. The maximum atomic E-state index is 12.2. The molecule has 4 heteroatoms. The van der Waals surface area contributed by atoms with Gasteiger partial charge in [-0.25, -0.2) is 9.78 Å². The van der Waals surface area contributed by atoms with Gasteiger partial charge in [0.25, 0.3) is 0 Å². The zero-order valence-corrected chi connectivity index (χ0v) is 11.6. The first-order chi connectivity index (χ1) is 9.29. The van der Waals surface area contributed by atoms with Crippen molar-refractivity contribution in [3.63, 3.8) is 0 Å². The molecule has 0 aromatic carbocycles. The van der Waals surface area contributed by atoms with E-state index in [9.17, 15) is 4.79 Å². The molecule has 2 amide bonds. The molecule has 104 valence electrons. The number of hydrogen-bond acceptors (Lipinski definition) is 2.